The van der Waals surface area contributed by atoms with E-state index in [1.807, 2.05) is 0 Å². The van der Waals surface area contributed by atoms with E-state index in [9.17, 15) is 7.10 Å². The van der Waals surface area contributed by atoms with Crippen LogP contribution >= 0.6 is 0 Å². The van der Waals surface area contributed by atoms with Crippen molar-refractivity contribution in [3.63, 3.8) is 0 Å². The topological polar surface area (TPSA) is 9.23 Å². The van der Waals surface area contributed by atoms with E-state index in [0.717, 1.165) is 0 Å². The van der Waals surface area contributed by atoms with Crippen molar-refractivity contribution in [3.05, 3.63) is 48.5 Å². The number of ether oxygens (including phenoxy) is 1. The zero-order valence-electron chi connectivity index (χ0n) is 8.19. The van der Waals surface area contributed by atoms with Crippen LogP contribution in [0.15, 0.2) is 48.5 Å². The Morgan fingerprint density at radius 1 is 0.750 bits per heavy atom. The fraction of sp³-hybridized carbons (Fsp3) is 0. The molecule has 1 nitrogen and oxygen atoms in total. The van der Waals surface area contributed by atoms with Crippen molar-refractivity contribution in [2.75, 3.05) is 0 Å². The van der Waals surface area contributed by atoms with E-state index in [-0.39, 0.29) is 8.92 Å². The maximum absolute atomic E-state index is 14.3. The molecule has 82 valence electrons. The zero-order chi connectivity index (χ0) is 11.2. The van der Waals surface area contributed by atoms with Crippen LogP contribution in [0.25, 0.3) is 0 Å². The molecule has 16 heavy (non-hydrogen) atoms. The van der Waals surface area contributed by atoms with Crippen LogP contribution < -0.4 is 13.7 Å². The predicted octanol–water partition coefficient (Wildman–Crippen LogP) is 2.29. The van der Waals surface area contributed by atoms with E-state index < -0.39 is 13.8 Å². The van der Waals surface area contributed by atoms with Gasteiger partial charge in [0.2, 0.25) is 0 Å². The Balaban J connectivity index is 2.28. The Hall–Kier alpha value is -1.38. The monoisotopic (exact) mass is 286 g/mol. The second kappa shape index (κ2) is 3.30. The Kier molecular flexibility index (Phi) is 2.03. The molecular weight excluding hydrogens is 277 g/mol. The molecule has 0 fully saturated rings. The van der Waals surface area contributed by atoms with Gasteiger partial charge in [-0.2, -0.15) is 0 Å². The Morgan fingerprint density at radius 2 is 1.19 bits per heavy atom. The summed E-state index contributed by atoms with van der Waals surface area (Å²) in [5.41, 5.74) is 0. The quantitative estimate of drug-likeness (QED) is 0.675. The molecule has 3 rings (SSSR count). The standard InChI is InChI=1S/C12H8F2OSe/c13-16(14)11-7-3-1-5-9(11)15-10-6-2-4-8-12(10)16/h1-8H. The molecule has 1 aliphatic heterocycles. The van der Waals surface area contributed by atoms with Crippen LogP contribution in [0.5, 0.6) is 11.5 Å². The molecule has 0 bridgehead atoms. The van der Waals surface area contributed by atoms with Crippen molar-refractivity contribution in [1.29, 1.82) is 0 Å². The normalized spacial score (nSPS) is 17.9. The average Bonchev–Trinajstić information content (AvgIpc) is 2.29. The molecule has 2 aromatic rings. The molecule has 0 amide bonds. The van der Waals surface area contributed by atoms with Crippen LogP contribution in [-0.2, 0) is 0 Å². The molecule has 0 atom stereocenters. The third-order valence-corrected chi connectivity index (χ3v) is 6.20. The van der Waals surface area contributed by atoms with Gasteiger partial charge in [-0.05, 0) is 0 Å². The van der Waals surface area contributed by atoms with E-state index in [4.69, 9.17) is 4.74 Å². The number of para-hydroxylation sites is 2. The molecule has 0 saturated heterocycles. The SMILES string of the molecule is F[Se]1(F)c2ccccc2Oc2ccccc21. The molecule has 0 spiro atoms. The van der Waals surface area contributed by atoms with Gasteiger partial charge in [0.25, 0.3) is 0 Å². The maximum atomic E-state index is 14.3. The van der Waals surface area contributed by atoms with E-state index in [1.54, 1.807) is 36.4 Å². The van der Waals surface area contributed by atoms with E-state index in [1.165, 1.54) is 12.1 Å². The van der Waals surface area contributed by atoms with Crippen LogP contribution in [0.4, 0.5) is 7.10 Å². The van der Waals surface area contributed by atoms with Gasteiger partial charge in [0, 0.05) is 0 Å². The van der Waals surface area contributed by atoms with E-state index in [2.05, 4.69) is 0 Å². The van der Waals surface area contributed by atoms with Gasteiger partial charge in [-0.25, -0.2) is 0 Å². The molecule has 1 heterocycles. The number of benzene rings is 2. The van der Waals surface area contributed by atoms with E-state index in [0.29, 0.717) is 11.5 Å². The summed E-state index contributed by atoms with van der Waals surface area (Å²) in [6.07, 6.45) is 0. The third kappa shape index (κ3) is 1.27. The van der Waals surface area contributed by atoms with Crippen LogP contribution in [0, 0.1) is 0 Å². The van der Waals surface area contributed by atoms with Gasteiger partial charge in [0.1, 0.15) is 0 Å². The first kappa shape index (κ1) is 9.82. The minimum absolute atomic E-state index is 0.0810. The van der Waals surface area contributed by atoms with Crippen LogP contribution in [0.3, 0.4) is 0 Å². The Morgan fingerprint density at radius 3 is 1.69 bits per heavy atom. The summed E-state index contributed by atoms with van der Waals surface area (Å²) in [5, 5.41) is 0. The van der Waals surface area contributed by atoms with Gasteiger partial charge in [-0.3, -0.25) is 0 Å². The summed E-state index contributed by atoms with van der Waals surface area (Å²) in [5.74, 6) is 0.595. The number of fused-ring (bicyclic) bond motifs is 2. The first-order valence-corrected chi connectivity index (χ1v) is 7.79. The van der Waals surface area contributed by atoms with Crippen molar-refractivity contribution >= 4 is 22.7 Å². The van der Waals surface area contributed by atoms with E-state index >= 15 is 0 Å². The van der Waals surface area contributed by atoms with Crippen molar-refractivity contribution in [2.24, 2.45) is 0 Å². The molecule has 0 saturated carbocycles. The first-order chi connectivity index (χ1) is 7.69. The Labute approximate surface area is 94.8 Å². The summed E-state index contributed by atoms with van der Waals surface area (Å²) < 4.78 is 34.2. The fourth-order valence-electron chi connectivity index (χ4n) is 1.73. The molecular formula is C12H8F2OSe. The Bertz CT molecular complexity index is 507. The summed E-state index contributed by atoms with van der Waals surface area (Å²) in [6, 6.07) is 12.8. The molecule has 0 N–H and O–H groups in total. The van der Waals surface area contributed by atoms with Crippen molar-refractivity contribution in [2.45, 2.75) is 0 Å². The van der Waals surface area contributed by atoms with Gasteiger partial charge >= 0.3 is 94.5 Å². The molecule has 1 aliphatic rings. The predicted molar refractivity (Wildman–Crippen MR) is 60.2 cm³/mol. The number of rotatable bonds is 0. The molecule has 0 unspecified atom stereocenters. The van der Waals surface area contributed by atoms with Gasteiger partial charge in [-0.15, -0.1) is 0 Å². The van der Waals surface area contributed by atoms with Gasteiger partial charge in [0.05, 0.1) is 0 Å². The molecule has 4 heteroatoms. The van der Waals surface area contributed by atoms with Crippen molar-refractivity contribution in [1.82, 2.24) is 0 Å². The van der Waals surface area contributed by atoms with Crippen molar-refractivity contribution in [3.8, 4) is 11.5 Å². The summed E-state index contributed by atoms with van der Waals surface area (Å²) in [7, 11) is 0. The third-order valence-electron chi connectivity index (χ3n) is 2.47. The summed E-state index contributed by atoms with van der Waals surface area (Å²) >= 11 is -4.75. The number of hydrogen-bond acceptors (Lipinski definition) is 1. The molecule has 2 aromatic carbocycles. The summed E-state index contributed by atoms with van der Waals surface area (Å²) in [4.78, 5) is 0. The zero-order valence-corrected chi connectivity index (χ0v) is 9.90. The second-order valence-electron chi connectivity index (χ2n) is 3.46. The fourth-order valence-corrected chi connectivity index (χ4v) is 4.79. The van der Waals surface area contributed by atoms with Gasteiger partial charge in [-0.1, -0.05) is 0 Å². The molecule has 0 aliphatic carbocycles. The summed E-state index contributed by atoms with van der Waals surface area (Å²) in [6.45, 7) is 0. The molecule has 0 aromatic heterocycles. The molecule has 0 radical (unpaired) electrons. The van der Waals surface area contributed by atoms with Crippen LogP contribution in [-0.4, -0.2) is 13.8 Å². The number of hydrogen-bond donors (Lipinski definition) is 0. The van der Waals surface area contributed by atoms with Crippen LogP contribution in [0.1, 0.15) is 0 Å². The first-order valence-electron chi connectivity index (χ1n) is 4.78. The average molecular weight is 285 g/mol. The van der Waals surface area contributed by atoms with Crippen LogP contribution in [0.2, 0.25) is 0 Å². The minimum atomic E-state index is -4.75. The van der Waals surface area contributed by atoms with Gasteiger partial charge in [0.15, 0.2) is 0 Å². The van der Waals surface area contributed by atoms with Gasteiger partial charge < -0.3 is 0 Å². The number of halogens is 2. The second-order valence-corrected chi connectivity index (χ2v) is 7.28. The van der Waals surface area contributed by atoms with Crippen molar-refractivity contribution < 1.29 is 11.8 Å².